The number of nitrogens with zero attached hydrogens (tertiary/aromatic N) is 4. The molecule has 2 aromatic rings. The average Bonchev–Trinajstić information content (AvgIpc) is 2.49. The van der Waals surface area contributed by atoms with Crippen LogP contribution in [0.5, 0.6) is 0 Å². The maximum Gasteiger partial charge on any atom is 0.137 e. The number of nitrogens with one attached hydrogen (secondary N) is 1. The highest BCUT2D eigenvalue weighted by atomic mass is 15.2. The smallest absolute Gasteiger partial charge is 0.137 e. The zero-order valence-corrected chi connectivity index (χ0v) is 13.2. The summed E-state index contributed by atoms with van der Waals surface area (Å²) >= 11 is 0. The molecule has 2 rings (SSSR count). The molecule has 2 heterocycles. The second-order valence-electron chi connectivity index (χ2n) is 4.93. The molecule has 112 valence electrons. The molecular weight excluding hydrogens is 262 g/mol. The summed E-state index contributed by atoms with van der Waals surface area (Å²) in [7, 11) is 0. The molecule has 0 radical (unpaired) electrons. The van der Waals surface area contributed by atoms with Crippen molar-refractivity contribution in [3.8, 4) is 0 Å². The van der Waals surface area contributed by atoms with Crippen molar-refractivity contribution in [3.05, 3.63) is 41.5 Å². The van der Waals surface area contributed by atoms with Crippen molar-refractivity contribution >= 4 is 11.6 Å². The molecule has 0 saturated carbocycles. The van der Waals surface area contributed by atoms with Crippen LogP contribution in [0.15, 0.2) is 24.4 Å². The second kappa shape index (κ2) is 7.02. The Hall–Kier alpha value is -2.17. The summed E-state index contributed by atoms with van der Waals surface area (Å²) in [4.78, 5) is 15.7. The molecule has 2 aromatic heterocycles. The fraction of sp³-hybridized carbons (Fsp3) is 0.438. The normalized spacial score (nSPS) is 10.5. The maximum absolute atomic E-state index is 4.63. The highest BCUT2D eigenvalue weighted by molar-refractivity contribution is 5.58. The van der Waals surface area contributed by atoms with E-state index in [1.54, 1.807) is 0 Å². The Bertz CT molecular complexity index is 583. The van der Waals surface area contributed by atoms with Gasteiger partial charge in [-0.05, 0) is 39.8 Å². The standard InChI is InChI=1S/C16H23N5/c1-5-17-15-12(3)16(20-13(4)19-15)21(6-2)11-14-9-7-8-10-18-14/h7-10H,5-6,11H2,1-4H3,(H,17,19,20). The minimum Gasteiger partial charge on any atom is -0.370 e. The first-order valence-corrected chi connectivity index (χ1v) is 7.39. The van der Waals surface area contributed by atoms with E-state index in [0.717, 1.165) is 48.4 Å². The van der Waals surface area contributed by atoms with Crippen LogP contribution in [0.2, 0.25) is 0 Å². The van der Waals surface area contributed by atoms with E-state index in [9.17, 15) is 0 Å². The molecular formula is C16H23N5. The van der Waals surface area contributed by atoms with Crippen molar-refractivity contribution in [2.45, 2.75) is 34.2 Å². The maximum atomic E-state index is 4.63. The third-order valence-electron chi connectivity index (χ3n) is 3.34. The van der Waals surface area contributed by atoms with Crippen molar-refractivity contribution < 1.29 is 0 Å². The summed E-state index contributed by atoms with van der Waals surface area (Å²) in [6.07, 6.45) is 1.82. The van der Waals surface area contributed by atoms with Gasteiger partial charge in [0.05, 0.1) is 12.2 Å². The van der Waals surface area contributed by atoms with Gasteiger partial charge in [0, 0.05) is 24.8 Å². The Morgan fingerprint density at radius 2 is 1.95 bits per heavy atom. The highest BCUT2D eigenvalue weighted by Gasteiger charge is 2.15. The van der Waals surface area contributed by atoms with Crippen LogP contribution in [-0.4, -0.2) is 28.0 Å². The van der Waals surface area contributed by atoms with Crippen LogP contribution >= 0.6 is 0 Å². The average molecular weight is 285 g/mol. The van der Waals surface area contributed by atoms with Crippen molar-refractivity contribution in [1.29, 1.82) is 0 Å². The molecule has 21 heavy (non-hydrogen) atoms. The van der Waals surface area contributed by atoms with Crippen LogP contribution in [0.25, 0.3) is 0 Å². The first-order chi connectivity index (χ1) is 10.2. The highest BCUT2D eigenvalue weighted by Crippen LogP contribution is 2.24. The third kappa shape index (κ3) is 3.68. The van der Waals surface area contributed by atoms with Gasteiger partial charge in [-0.2, -0.15) is 0 Å². The van der Waals surface area contributed by atoms with E-state index in [1.807, 2.05) is 31.3 Å². The fourth-order valence-electron chi connectivity index (χ4n) is 2.28. The van der Waals surface area contributed by atoms with E-state index in [0.29, 0.717) is 0 Å². The number of aryl methyl sites for hydroxylation is 1. The number of hydrogen-bond donors (Lipinski definition) is 1. The molecule has 0 bridgehead atoms. The lowest BCUT2D eigenvalue weighted by molar-refractivity contribution is 0.781. The number of pyridine rings is 1. The Kier molecular flexibility index (Phi) is 5.09. The molecule has 0 spiro atoms. The Morgan fingerprint density at radius 3 is 2.57 bits per heavy atom. The summed E-state index contributed by atoms with van der Waals surface area (Å²) in [5.41, 5.74) is 2.13. The minimum atomic E-state index is 0.750. The molecule has 0 saturated heterocycles. The predicted molar refractivity (Wildman–Crippen MR) is 86.6 cm³/mol. The van der Waals surface area contributed by atoms with Gasteiger partial charge in [-0.25, -0.2) is 9.97 Å². The lowest BCUT2D eigenvalue weighted by Gasteiger charge is -2.24. The monoisotopic (exact) mass is 285 g/mol. The number of rotatable bonds is 6. The Balaban J connectivity index is 2.33. The zero-order chi connectivity index (χ0) is 15.2. The van der Waals surface area contributed by atoms with E-state index in [1.165, 1.54) is 0 Å². The molecule has 0 fully saturated rings. The first kappa shape index (κ1) is 15.2. The molecule has 0 aliphatic heterocycles. The van der Waals surface area contributed by atoms with Gasteiger partial charge in [0.1, 0.15) is 17.5 Å². The van der Waals surface area contributed by atoms with Gasteiger partial charge in [0.25, 0.3) is 0 Å². The van der Waals surface area contributed by atoms with Gasteiger partial charge in [-0.1, -0.05) is 6.07 Å². The fourth-order valence-corrected chi connectivity index (χ4v) is 2.28. The van der Waals surface area contributed by atoms with Gasteiger partial charge < -0.3 is 10.2 Å². The molecule has 1 N–H and O–H groups in total. The van der Waals surface area contributed by atoms with E-state index in [4.69, 9.17) is 0 Å². The summed E-state index contributed by atoms with van der Waals surface area (Å²) in [6, 6.07) is 5.98. The van der Waals surface area contributed by atoms with Crippen LogP contribution < -0.4 is 10.2 Å². The number of aromatic nitrogens is 3. The number of hydrogen-bond acceptors (Lipinski definition) is 5. The molecule has 5 heteroatoms. The lowest BCUT2D eigenvalue weighted by Crippen LogP contribution is -2.25. The van der Waals surface area contributed by atoms with Crippen LogP contribution in [0, 0.1) is 13.8 Å². The summed E-state index contributed by atoms with van der Waals surface area (Å²) in [5.74, 6) is 2.68. The molecule has 5 nitrogen and oxygen atoms in total. The molecule has 0 aliphatic carbocycles. The minimum absolute atomic E-state index is 0.750. The van der Waals surface area contributed by atoms with E-state index in [2.05, 4.69) is 45.9 Å². The Labute approximate surface area is 126 Å². The number of anilines is 2. The second-order valence-corrected chi connectivity index (χ2v) is 4.93. The Morgan fingerprint density at radius 1 is 1.14 bits per heavy atom. The quantitative estimate of drug-likeness (QED) is 0.884. The van der Waals surface area contributed by atoms with Gasteiger partial charge in [-0.15, -0.1) is 0 Å². The zero-order valence-electron chi connectivity index (χ0n) is 13.2. The van der Waals surface area contributed by atoms with Gasteiger partial charge >= 0.3 is 0 Å². The van der Waals surface area contributed by atoms with Crippen molar-refractivity contribution in [1.82, 2.24) is 15.0 Å². The lowest BCUT2D eigenvalue weighted by atomic mass is 10.2. The third-order valence-corrected chi connectivity index (χ3v) is 3.34. The predicted octanol–water partition coefficient (Wildman–Crippen LogP) is 2.95. The van der Waals surface area contributed by atoms with E-state index >= 15 is 0 Å². The molecule has 0 unspecified atom stereocenters. The van der Waals surface area contributed by atoms with E-state index < -0.39 is 0 Å². The van der Waals surface area contributed by atoms with Crippen molar-refractivity contribution in [3.63, 3.8) is 0 Å². The summed E-state index contributed by atoms with van der Waals surface area (Å²) in [6.45, 7) is 10.7. The van der Waals surface area contributed by atoms with Gasteiger partial charge in [0.15, 0.2) is 0 Å². The molecule has 0 aromatic carbocycles. The van der Waals surface area contributed by atoms with Crippen LogP contribution in [0.3, 0.4) is 0 Å². The van der Waals surface area contributed by atoms with Crippen LogP contribution in [0.1, 0.15) is 30.9 Å². The van der Waals surface area contributed by atoms with Gasteiger partial charge in [-0.3, -0.25) is 4.98 Å². The topological polar surface area (TPSA) is 53.9 Å². The summed E-state index contributed by atoms with van der Waals surface area (Å²) < 4.78 is 0. The van der Waals surface area contributed by atoms with Crippen LogP contribution in [-0.2, 0) is 6.54 Å². The largest absolute Gasteiger partial charge is 0.370 e. The molecule has 0 aliphatic rings. The summed E-state index contributed by atoms with van der Waals surface area (Å²) in [5, 5.41) is 3.31. The first-order valence-electron chi connectivity index (χ1n) is 7.39. The van der Waals surface area contributed by atoms with E-state index in [-0.39, 0.29) is 0 Å². The van der Waals surface area contributed by atoms with Gasteiger partial charge in [0.2, 0.25) is 0 Å². The van der Waals surface area contributed by atoms with Crippen molar-refractivity contribution in [2.75, 3.05) is 23.3 Å². The molecule has 0 amide bonds. The van der Waals surface area contributed by atoms with Crippen LogP contribution in [0.4, 0.5) is 11.6 Å². The SMILES string of the molecule is CCNc1nc(C)nc(N(CC)Cc2ccccn2)c1C. The van der Waals surface area contributed by atoms with Crippen molar-refractivity contribution in [2.24, 2.45) is 0 Å². The molecule has 0 atom stereocenters.